The molecule has 2 aromatic rings. The van der Waals surface area contributed by atoms with Gasteiger partial charge in [-0.1, -0.05) is 15.9 Å². The second-order valence-corrected chi connectivity index (χ2v) is 6.07. The largest absolute Gasteiger partial charge is 0.460 e. The van der Waals surface area contributed by atoms with Crippen molar-refractivity contribution >= 4 is 26.8 Å². The summed E-state index contributed by atoms with van der Waals surface area (Å²) in [5.74, 6) is 0.431. The molecule has 22 heavy (non-hydrogen) atoms. The minimum Gasteiger partial charge on any atom is -0.460 e. The predicted octanol–water partition coefficient (Wildman–Crippen LogP) is 0.109. The van der Waals surface area contributed by atoms with Gasteiger partial charge < -0.3 is 34.9 Å². The van der Waals surface area contributed by atoms with Gasteiger partial charge in [0.05, 0.1) is 6.61 Å². The molecule has 0 amide bonds. The van der Waals surface area contributed by atoms with E-state index in [1.807, 2.05) is 18.2 Å². The lowest BCUT2D eigenvalue weighted by atomic mass is 9.99. The van der Waals surface area contributed by atoms with Crippen LogP contribution in [0.3, 0.4) is 0 Å². The second kappa shape index (κ2) is 6.15. The van der Waals surface area contributed by atoms with E-state index in [0.29, 0.717) is 5.75 Å². The van der Waals surface area contributed by atoms with Crippen LogP contribution in [0, 0.1) is 0 Å². The van der Waals surface area contributed by atoms with Crippen LogP contribution in [0.15, 0.2) is 28.9 Å². The summed E-state index contributed by atoms with van der Waals surface area (Å²) in [4.78, 5) is 3.02. The first-order valence-electron chi connectivity index (χ1n) is 6.75. The average molecular weight is 374 g/mol. The predicted molar refractivity (Wildman–Crippen MR) is 80.4 cm³/mol. The van der Waals surface area contributed by atoms with Gasteiger partial charge in [-0.15, -0.1) is 0 Å². The Hall–Kier alpha value is -1.16. The third-order valence-corrected chi connectivity index (χ3v) is 4.19. The van der Waals surface area contributed by atoms with E-state index in [-0.39, 0.29) is 0 Å². The quantitative estimate of drug-likeness (QED) is 0.521. The Morgan fingerprint density at radius 3 is 2.68 bits per heavy atom. The van der Waals surface area contributed by atoms with Crippen LogP contribution in [0.25, 0.3) is 10.9 Å². The fourth-order valence-electron chi connectivity index (χ4n) is 2.45. The number of hydrogen-bond acceptors (Lipinski definition) is 6. The molecule has 1 saturated heterocycles. The van der Waals surface area contributed by atoms with E-state index in [2.05, 4.69) is 20.9 Å². The molecule has 1 unspecified atom stereocenters. The van der Waals surface area contributed by atoms with E-state index in [0.717, 1.165) is 15.4 Å². The summed E-state index contributed by atoms with van der Waals surface area (Å²) < 4.78 is 11.8. The van der Waals surface area contributed by atoms with E-state index in [9.17, 15) is 20.4 Å². The number of aliphatic hydroxyl groups excluding tert-OH is 4. The van der Waals surface area contributed by atoms with Crippen molar-refractivity contribution in [2.75, 3.05) is 6.61 Å². The first kappa shape index (κ1) is 15.7. The minimum atomic E-state index is -1.46. The minimum absolute atomic E-state index is 0.431. The summed E-state index contributed by atoms with van der Waals surface area (Å²) in [6.07, 6.45) is -4.90. The van der Waals surface area contributed by atoms with Crippen LogP contribution >= 0.6 is 15.9 Å². The van der Waals surface area contributed by atoms with Gasteiger partial charge >= 0.3 is 0 Å². The normalized spacial score (nSPS) is 32.3. The molecular weight excluding hydrogens is 358 g/mol. The molecule has 7 nitrogen and oxygen atoms in total. The highest BCUT2D eigenvalue weighted by molar-refractivity contribution is 9.10. The number of fused-ring (bicyclic) bond motifs is 1. The fourth-order valence-corrected chi connectivity index (χ4v) is 2.82. The van der Waals surface area contributed by atoms with Crippen molar-refractivity contribution in [1.82, 2.24) is 4.98 Å². The Labute approximate surface area is 134 Å². The number of rotatable bonds is 3. The Balaban J connectivity index is 1.85. The van der Waals surface area contributed by atoms with Crippen LogP contribution in [-0.2, 0) is 4.74 Å². The number of H-pyrrole nitrogens is 1. The Kier molecular flexibility index (Phi) is 4.40. The molecule has 0 saturated carbocycles. The van der Waals surface area contributed by atoms with Gasteiger partial charge in [0.1, 0.15) is 30.2 Å². The van der Waals surface area contributed by atoms with Crippen molar-refractivity contribution in [3.63, 3.8) is 0 Å². The number of nitrogens with one attached hydrogen (secondary N) is 1. The number of benzene rings is 1. The number of aromatic amines is 1. The van der Waals surface area contributed by atoms with Crippen LogP contribution in [0.2, 0.25) is 0 Å². The Bertz CT molecular complexity index is 660. The van der Waals surface area contributed by atoms with Gasteiger partial charge in [-0.25, -0.2) is 0 Å². The van der Waals surface area contributed by atoms with Crippen molar-refractivity contribution in [2.45, 2.75) is 30.7 Å². The van der Waals surface area contributed by atoms with Crippen molar-refractivity contribution in [3.8, 4) is 5.75 Å². The van der Waals surface area contributed by atoms with Gasteiger partial charge in [0.25, 0.3) is 0 Å². The maximum atomic E-state index is 9.99. The highest BCUT2D eigenvalue weighted by Gasteiger charge is 2.44. The van der Waals surface area contributed by atoms with Crippen LogP contribution in [0.1, 0.15) is 0 Å². The van der Waals surface area contributed by atoms with Crippen molar-refractivity contribution in [1.29, 1.82) is 0 Å². The van der Waals surface area contributed by atoms with E-state index < -0.39 is 37.3 Å². The molecule has 120 valence electrons. The monoisotopic (exact) mass is 373 g/mol. The molecule has 1 aliphatic rings. The maximum Gasteiger partial charge on any atom is 0.229 e. The second-order valence-electron chi connectivity index (χ2n) is 5.16. The Morgan fingerprint density at radius 1 is 1.18 bits per heavy atom. The van der Waals surface area contributed by atoms with Gasteiger partial charge in [0, 0.05) is 21.6 Å². The number of halogens is 1. The molecule has 3 rings (SSSR count). The summed E-state index contributed by atoms with van der Waals surface area (Å²) in [7, 11) is 0. The van der Waals surface area contributed by atoms with Crippen molar-refractivity contribution < 1.29 is 29.9 Å². The van der Waals surface area contributed by atoms with E-state index >= 15 is 0 Å². The standard InChI is InChI=1S/C14H16BrNO6/c15-6-1-2-8-7(3-6)9(4-16-8)21-14-13(20)12(19)11(18)10(5-17)22-14/h1-4,10-14,16-20H,5H2/t10-,11+,12+,13-,14?/m1/s1. The number of aliphatic hydroxyl groups is 4. The lowest BCUT2D eigenvalue weighted by Crippen LogP contribution is -2.60. The zero-order valence-electron chi connectivity index (χ0n) is 11.4. The molecule has 5 N–H and O–H groups in total. The van der Waals surface area contributed by atoms with E-state index in [4.69, 9.17) is 9.47 Å². The third-order valence-electron chi connectivity index (χ3n) is 3.70. The molecule has 5 atom stereocenters. The van der Waals surface area contributed by atoms with Crippen LogP contribution in [-0.4, -0.2) is 62.7 Å². The van der Waals surface area contributed by atoms with Crippen molar-refractivity contribution in [2.24, 2.45) is 0 Å². The molecule has 1 aromatic heterocycles. The Morgan fingerprint density at radius 2 is 1.95 bits per heavy atom. The first-order valence-corrected chi connectivity index (χ1v) is 7.54. The molecule has 0 spiro atoms. The zero-order chi connectivity index (χ0) is 15.9. The summed E-state index contributed by atoms with van der Waals surface area (Å²) >= 11 is 3.37. The van der Waals surface area contributed by atoms with Crippen LogP contribution in [0.4, 0.5) is 0 Å². The molecule has 1 aliphatic heterocycles. The molecular formula is C14H16BrNO6. The summed E-state index contributed by atoms with van der Waals surface area (Å²) in [5.41, 5.74) is 0.836. The number of aromatic nitrogens is 1. The van der Waals surface area contributed by atoms with Gasteiger partial charge in [0.2, 0.25) is 6.29 Å². The molecule has 0 radical (unpaired) electrons. The summed E-state index contributed by atoms with van der Waals surface area (Å²) in [5, 5.41) is 39.4. The highest BCUT2D eigenvalue weighted by Crippen LogP contribution is 2.31. The van der Waals surface area contributed by atoms with Crippen molar-refractivity contribution in [3.05, 3.63) is 28.9 Å². The lowest BCUT2D eigenvalue weighted by molar-refractivity contribution is -0.277. The van der Waals surface area contributed by atoms with E-state index in [1.54, 1.807) is 6.20 Å². The van der Waals surface area contributed by atoms with Crippen LogP contribution < -0.4 is 4.74 Å². The van der Waals surface area contributed by atoms with Gasteiger partial charge in [-0.3, -0.25) is 0 Å². The summed E-state index contributed by atoms with van der Waals surface area (Å²) in [6, 6.07) is 5.57. The zero-order valence-corrected chi connectivity index (χ0v) is 13.0. The maximum absolute atomic E-state index is 9.99. The molecule has 1 aromatic carbocycles. The molecule has 0 aliphatic carbocycles. The van der Waals surface area contributed by atoms with Gasteiger partial charge in [-0.05, 0) is 18.2 Å². The highest BCUT2D eigenvalue weighted by atomic mass is 79.9. The number of ether oxygens (including phenoxy) is 2. The molecule has 8 heteroatoms. The van der Waals surface area contributed by atoms with E-state index in [1.165, 1.54) is 0 Å². The molecule has 1 fully saturated rings. The topological polar surface area (TPSA) is 115 Å². The fraction of sp³-hybridized carbons (Fsp3) is 0.429. The van der Waals surface area contributed by atoms with Gasteiger partial charge in [-0.2, -0.15) is 0 Å². The molecule has 2 heterocycles. The van der Waals surface area contributed by atoms with Crippen LogP contribution in [0.5, 0.6) is 5.75 Å². The summed E-state index contributed by atoms with van der Waals surface area (Å²) in [6.45, 7) is -0.496. The third kappa shape index (κ3) is 2.73. The van der Waals surface area contributed by atoms with Gasteiger partial charge in [0.15, 0.2) is 0 Å². The number of hydrogen-bond donors (Lipinski definition) is 5. The SMILES string of the molecule is OC[C@H]1OC(Oc2c[nH]c3ccc(Br)cc23)[C@H](O)[C@@H](O)[C@H]1O. The average Bonchev–Trinajstić information content (AvgIpc) is 2.90. The first-order chi connectivity index (χ1) is 10.5. The molecule has 0 bridgehead atoms. The lowest BCUT2D eigenvalue weighted by Gasteiger charge is -2.39. The smallest absolute Gasteiger partial charge is 0.229 e.